The molecule has 1 N–H and O–H groups in total. The third-order valence-electron chi connectivity index (χ3n) is 2.92. The Labute approximate surface area is 112 Å². The van der Waals surface area contributed by atoms with Crippen LogP contribution in [0.25, 0.3) is 0 Å². The van der Waals surface area contributed by atoms with Gasteiger partial charge < -0.3 is 14.7 Å². The van der Waals surface area contributed by atoms with Gasteiger partial charge in [0.05, 0.1) is 13.5 Å². The summed E-state index contributed by atoms with van der Waals surface area (Å²) in [5.74, 6) is -0.435. The molecule has 0 aromatic heterocycles. The zero-order valence-corrected chi connectivity index (χ0v) is 11.5. The van der Waals surface area contributed by atoms with E-state index in [1.54, 1.807) is 19.2 Å². The normalized spacial score (nSPS) is 10.1. The number of methoxy groups -OCH3 is 1. The molecule has 1 aromatic rings. The van der Waals surface area contributed by atoms with E-state index in [9.17, 15) is 9.59 Å². The molecule has 104 valence electrons. The van der Waals surface area contributed by atoms with E-state index in [0.717, 1.165) is 5.56 Å². The highest BCUT2D eigenvalue weighted by Crippen LogP contribution is 2.20. The summed E-state index contributed by atoms with van der Waals surface area (Å²) in [6, 6.07) is 5.22. The largest absolute Gasteiger partial charge is 0.496 e. The second-order valence-corrected chi connectivity index (χ2v) is 4.21. The van der Waals surface area contributed by atoms with Crippen molar-refractivity contribution in [2.45, 2.75) is 20.3 Å². The third kappa shape index (κ3) is 3.98. The van der Waals surface area contributed by atoms with Crippen LogP contribution in [0, 0.1) is 6.92 Å². The molecule has 0 aliphatic rings. The Hall–Kier alpha value is -2.04. The van der Waals surface area contributed by atoms with Gasteiger partial charge in [0.2, 0.25) is 0 Å². The van der Waals surface area contributed by atoms with Crippen LogP contribution in [0.5, 0.6) is 5.75 Å². The number of carbonyl (C=O) groups excluding carboxylic acids is 1. The fourth-order valence-corrected chi connectivity index (χ4v) is 1.77. The predicted octanol–water partition coefficient (Wildman–Crippen LogP) is 1.94. The minimum atomic E-state index is -0.910. The number of benzene rings is 1. The van der Waals surface area contributed by atoms with Crippen molar-refractivity contribution in [3.8, 4) is 5.75 Å². The molecule has 0 bridgehead atoms. The molecule has 1 rings (SSSR count). The van der Waals surface area contributed by atoms with Crippen LogP contribution in [0.3, 0.4) is 0 Å². The number of aliphatic carboxylic acids is 1. The van der Waals surface area contributed by atoms with Crippen LogP contribution < -0.4 is 4.74 Å². The lowest BCUT2D eigenvalue weighted by molar-refractivity contribution is -0.137. The lowest BCUT2D eigenvalue weighted by atomic mass is 10.1. The number of hydrogen-bond acceptors (Lipinski definition) is 3. The number of carboxylic acid groups (broad SMARTS) is 1. The summed E-state index contributed by atoms with van der Waals surface area (Å²) in [6.07, 6.45) is -0.0530. The molecule has 1 aromatic carbocycles. The molecule has 19 heavy (non-hydrogen) atoms. The highest BCUT2D eigenvalue weighted by atomic mass is 16.5. The van der Waals surface area contributed by atoms with Crippen LogP contribution in [0.1, 0.15) is 29.3 Å². The van der Waals surface area contributed by atoms with Crippen molar-refractivity contribution in [2.24, 2.45) is 0 Å². The molecular formula is C14H19NO4. The summed E-state index contributed by atoms with van der Waals surface area (Å²) >= 11 is 0. The summed E-state index contributed by atoms with van der Waals surface area (Å²) in [5, 5.41) is 8.67. The summed E-state index contributed by atoms with van der Waals surface area (Å²) in [6.45, 7) is 4.41. The van der Waals surface area contributed by atoms with Crippen LogP contribution in [-0.2, 0) is 4.79 Å². The second-order valence-electron chi connectivity index (χ2n) is 4.21. The molecule has 5 nitrogen and oxygen atoms in total. The number of carbonyl (C=O) groups is 2. The molecule has 0 aliphatic heterocycles. The van der Waals surface area contributed by atoms with E-state index >= 15 is 0 Å². The highest BCUT2D eigenvalue weighted by molar-refractivity contribution is 5.95. The van der Waals surface area contributed by atoms with E-state index in [1.165, 1.54) is 4.90 Å². The standard InChI is InChI=1S/C14H19NO4/c1-4-15(8-7-13(16)17)14(18)11-6-5-10(2)12(9-11)19-3/h5-6,9H,4,7-8H2,1-3H3,(H,16,17). The first-order valence-electron chi connectivity index (χ1n) is 6.15. The van der Waals surface area contributed by atoms with Crippen molar-refractivity contribution in [1.29, 1.82) is 0 Å². The van der Waals surface area contributed by atoms with E-state index < -0.39 is 5.97 Å². The maximum absolute atomic E-state index is 12.2. The molecule has 0 atom stereocenters. The lowest BCUT2D eigenvalue weighted by Gasteiger charge is -2.20. The Morgan fingerprint density at radius 1 is 1.37 bits per heavy atom. The van der Waals surface area contributed by atoms with Gasteiger partial charge in [-0.05, 0) is 31.5 Å². The first-order valence-corrected chi connectivity index (χ1v) is 6.15. The molecule has 0 spiro atoms. The van der Waals surface area contributed by atoms with Crippen molar-refractivity contribution >= 4 is 11.9 Å². The van der Waals surface area contributed by atoms with Crippen molar-refractivity contribution in [2.75, 3.05) is 20.2 Å². The quantitative estimate of drug-likeness (QED) is 0.853. The molecule has 1 amide bonds. The van der Waals surface area contributed by atoms with Crippen LogP contribution in [0.4, 0.5) is 0 Å². The maximum Gasteiger partial charge on any atom is 0.305 e. The van der Waals surface area contributed by atoms with E-state index in [4.69, 9.17) is 9.84 Å². The minimum absolute atomic E-state index is 0.0530. The van der Waals surface area contributed by atoms with E-state index in [2.05, 4.69) is 0 Å². The zero-order chi connectivity index (χ0) is 14.4. The Kier molecular flexibility index (Phi) is 5.36. The smallest absolute Gasteiger partial charge is 0.305 e. The van der Waals surface area contributed by atoms with Gasteiger partial charge in [-0.15, -0.1) is 0 Å². The number of carboxylic acids is 1. The van der Waals surface area contributed by atoms with Gasteiger partial charge in [-0.3, -0.25) is 9.59 Å². The second kappa shape index (κ2) is 6.78. The van der Waals surface area contributed by atoms with Gasteiger partial charge in [0.25, 0.3) is 5.91 Å². The molecule has 0 saturated carbocycles. The van der Waals surface area contributed by atoms with Crippen LogP contribution >= 0.6 is 0 Å². The summed E-state index contributed by atoms with van der Waals surface area (Å²) in [4.78, 5) is 24.3. The molecule has 0 fully saturated rings. The highest BCUT2D eigenvalue weighted by Gasteiger charge is 2.16. The Balaban J connectivity index is 2.87. The minimum Gasteiger partial charge on any atom is -0.496 e. The van der Waals surface area contributed by atoms with Gasteiger partial charge in [0.1, 0.15) is 5.75 Å². The first kappa shape index (κ1) is 15.0. The topological polar surface area (TPSA) is 66.8 Å². The van der Waals surface area contributed by atoms with Crippen LogP contribution in [0.15, 0.2) is 18.2 Å². The first-order chi connectivity index (χ1) is 8.99. The maximum atomic E-state index is 12.2. The Morgan fingerprint density at radius 3 is 2.58 bits per heavy atom. The molecule has 0 radical (unpaired) electrons. The fraction of sp³-hybridized carbons (Fsp3) is 0.429. The van der Waals surface area contributed by atoms with Crippen molar-refractivity contribution in [1.82, 2.24) is 4.90 Å². The van der Waals surface area contributed by atoms with Gasteiger partial charge >= 0.3 is 5.97 Å². The number of amides is 1. The third-order valence-corrected chi connectivity index (χ3v) is 2.92. The monoisotopic (exact) mass is 265 g/mol. The molecule has 0 aliphatic carbocycles. The summed E-state index contributed by atoms with van der Waals surface area (Å²) in [7, 11) is 1.55. The average molecular weight is 265 g/mol. The van der Waals surface area contributed by atoms with Crippen molar-refractivity contribution in [3.05, 3.63) is 29.3 Å². The fourth-order valence-electron chi connectivity index (χ4n) is 1.77. The molecule has 0 unspecified atom stereocenters. The molecule has 5 heteroatoms. The SMILES string of the molecule is CCN(CCC(=O)O)C(=O)c1ccc(C)c(OC)c1. The van der Waals surface area contributed by atoms with E-state index in [-0.39, 0.29) is 18.9 Å². The van der Waals surface area contributed by atoms with Gasteiger partial charge in [-0.25, -0.2) is 0 Å². The lowest BCUT2D eigenvalue weighted by Crippen LogP contribution is -2.32. The van der Waals surface area contributed by atoms with Gasteiger partial charge in [0, 0.05) is 18.7 Å². The zero-order valence-electron chi connectivity index (χ0n) is 11.5. The molecular weight excluding hydrogens is 246 g/mol. The Bertz CT molecular complexity index is 471. The van der Waals surface area contributed by atoms with Gasteiger partial charge in [-0.2, -0.15) is 0 Å². The van der Waals surface area contributed by atoms with Crippen molar-refractivity contribution in [3.63, 3.8) is 0 Å². The predicted molar refractivity (Wildman–Crippen MR) is 71.6 cm³/mol. The summed E-state index contributed by atoms with van der Waals surface area (Å²) < 4.78 is 5.18. The van der Waals surface area contributed by atoms with E-state index in [1.807, 2.05) is 19.9 Å². The van der Waals surface area contributed by atoms with Crippen molar-refractivity contribution < 1.29 is 19.4 Å². The average Bonchev–Trinajstić information content (AvgIpc) is 2.39. The molecule has 0 saturated heterocycles. The number of nitrogens with zero attached hydrogens (tertiary/aromatic N) is 1. The number of rotatable bonds is 6. The van der Waals surface area contributed by atoms with Gasteiger partial charge in [0.15, 0.2) is 0 Å². The number of aryl methyl sites for hydroxylation is 1. The Morgan fingerprint density at radius 2 is 2.05 bits per heavy atom. The molecule has 0 heterocycles. The number of ether oxygens (including phenoxy) is 1. The van der Waals surface area contributed by atoms with Gasteiger partial charge in [-0.1, -0.05) is 6.07 Å². The van der Waals surface area contributed by atoms with Crippen LogP contribution in [0.2, 0.25) is 0 Å². The summed E-state index contributed by atoms with van der Waals surface area (Å²) in [5.41, 5.74) is 1.46. The number of hydrogen-bond donors (Lipinski definition) is 1. The van der Waals surface area contributed by atoms with E-state index in [0.29, 0.717) is 17.9 Å². The van der Waals surface area contributed by atoms with Crippen LogP contribution in [-0.4, -0.2) is 42.1 Å².